The molecule has 18 heavy (non-hydrogen) atoms. The average Bonchev–Trinajstić information content (AvgIpc) is 2.35. The van der Waals surface area contributed by atoms with E-state index in [9.17, 15) is 0 Å². The molecule has 3 unspecified atom stereocenters. The number of ether oxygens (including phenoxy) is 1. The van der Waals surface area contributed by atoms with Crippen LogP contribution in [0.15, 0.2) is 11.6 Å². The molecular formula is C17H30O. The first-order valence-corrected chi connectivity index (χ1v) is 7.82. The fourth-order valence-corrected chi connectivity index (χ4v) is 3.81. The van der Waals surface area contributed by atoms with E-state index in [4.69, 9.17) is 4.74 Å². The van der Waals surface area contributed by atoms with Gasteiger partial charge in [-0.15, -0.1) is 0 Å². The second-order valence-electron chi connectivity index (χ2n) is 7.04. The van der Waals surface area contributed by atoms with E-state index in [1.165, 1.54) is 32.1 Å². The van der Waals surface area contributed by atoms with Crippen molar-refractivity contribution in [2.75, 3.05) is 13.2 Å². The normalized spacial score (nSPS) is 30.6. The van der Waals surface area contributed by atoms with E-state index in [1.807, 2.05) is 0 Å². The van der Waals surface area contributed by atoms with Crippen molar-refractivity contribution in [3.63, 3.8) is 0 Å². The van der Waals surface area contributed by atoms with Crippen LogP contribution in [-0.4, -0.2) is 13.2 Å². The predicted octanol–water partition coefficient (Wildman–Crippen LogP) is 4.82. The molecule has 3 aliphatic rings. The summed E-state index contributed by atoms with van der Waals surface area (Å²) in [6, 6.07) is 0. The maximum Gasteiger partial charge on any atom is 0.0503 e. The number of rotatable bonds is 7. The Kier molecular flexibility index (Phi) is 4.53. The first-order valence-electron chi connectivity index (χ1n) is 7.82. The minimum absolute atomic E-state index is 0.569. The molecule has 3 rings (SSSR count). The van der Waals surface area contributed by atoms with Gasteiger partial charge in [0.25, 0.3) is 0 Å². The number of hydrogen-bond donors (Lipinski definition) is 0. The summed E-state index contributed by atoms with van der Waals surface area (Å²) in [7, 11) is 0. The summed E-state index contributed by atoms with van der Waals surface area (Å²) >= 11 is 0. The Hall–Kier alpha value is -0.300. The lowest BCUT2D eigenvalue weighted by Gasteiger charge is -2.56. The molecule has 0 amide bonds. The molecule has 0 N–H and O–H groups in total. The summed E-state index contributed by atoms with van der Waals surface area (Å²) in [5.41, 5.74) is 2.25. The van der Waals surface area contributed by atoms with Crippen molar-refractivity contribution in [1.82, 2.24) is 0 Å². The average molecular weight is 250 g/mol. The van der Waals surface area contributed by atoms with Crippen molar-refractivity contribution in [3.8, 4) is 0 Å². The standard InChI is InChI=1S/C17H30O/c1-5-6-13(2)12-18-10-9-14-7-8-15-11-16(14)17(15,3)4/h7,13,15-16H,5-6,8-12H2,1-4H3. The van der Waals surface area contributed by atoms with E-state index < -0.39 is 0 Å². The largest absolute Gasteiger partial charge is 0.381 e. The molecule has 3 atom stereocenters. The molecule has 1 fully saturated rings. The van der Waals surface area contributed by atoms with Gasteiger partial charge in [0.2, 0.25) is 0 Å². The Morgan fingerprint density at radius 3 is 2.83 bits per heavy atom. The maximum atomic E-state index is 5.84. The highest BCUT2D eigenvalue weighted by atomic mass is 16.5. The molecule has 0 heterocycles. The first kappa shape index (κ1) is 14.1. The zero-order chi connectivity index (χ0) is 13.2. The molecule has 0 radical (unpaired) electrons. The fraction of sp³-hybridized carbons (Fsp3) is 0.882. The van der Waals surface area contributed by atoms with Crippen molar-refractivity contribution in [2.45, 2.75) is 59.8 Å². The summed E-state index contributed by atoms with van der Waals surface area (Å²) in [5.74, 6) is 2.53. The Morgan fingerprint density at radius 1 is 1.44 bits per heavy atom. The van der Waals surface area contributed by atoms with Crippen LogP contribution in [0.4, 0.5) is 0 Å². The third-order valence-corrected chi connectivity index (χ3v) is 5.30. The molecule has 0 aromatic carbocycles. The molecule has 3 aliphatic carbocycles. The van der Waals surface area contributed by atoms with Gasteiger partial charge in [0.15, 0.2) is 0 Å². The quantitative estimate of drug-likeness (QED) is 0.465. The third kappa shape index (κ3) is 2.82. The van der Waals surface area contributed by atoms with Gasteiger partial charge in [0, 0.05) is 6.61 Å². The lowest BCUT2D eigenvalue weighted by molar-refractivity contribution is -0.0114. The molecular weight excluding hydrogens is 220 g/mol. The summed E-state index contributed by atoms with van der Waals surface area (Å²) in [6.45, 7) is 11.3. The number of allylic oxidation sites excluding steroid dienone is 1. The van der Waals surface area contributed by atoms with Crippen LogP contribution in [-0.2, 0) is 4.74 Å². The van der Waals surface area contributed by atoms with Gasteiger partial charge >= 0.3 is 0 Å². The first-order chi connectivity index (χ1) is 8.55. The smallest absolute Gasteiger partial charge is 0.0503 e. The Morgan fingerprint density at radius 2 is 2.22 bits per heavy atom. The van der Waals surface area contributed by atoms with E-state index in [1.54, 1.807) is 5.57 Å². The van der Waals surface area contributed by atoms with Crippen LogP contribution in [0.5, 0.6) is 0 Å². The third-order valence-electron chi connectivity index (χ3n) is 5.30. The summed E-state index contributed by atoms with van der Waals surface area (Å²) in [6.07, 6.45) is 8.98. The molecule has 0 spiro atoms. The van der Waals surface area contributed by atoms with E-state index in [0.29, 0.717) is 5.41 Å². The maximum absolute atomic E-state index is 5.84. The van der Waals surface area contributed by atoms with Crippen LogP contribution in [0.1, 0.15) is 59.8 Å². The minimum atomic E-state index is 0.569. The van der Waals surface area contributed by atoms with Gasteiger partial charge in [-0.3, -0.25) is 0 Å². The van der Waals surface area contributed by atoms with Crippen molar-refractivity contribution in [3.05, 3.63) is 11.6 Å². The van der Waals surface area contributed by atoms with Crippen LogP contribution in [0.3, 0.4) is 0 Å². The van der Waals surface area contributed by atoms with Gasteiger partial charge in [-0.25, -0.2) is 0 Å². The van der Waals surface area contributed by atoms with Gasteiger partial charge in [0.1, 0.15) is 0 Å². The molecule has 0 saturated heterocycles. The minimum Gasteiger partial charge on any atom is -0.381 e. The van der Waals surface area contributed by atoms with E-state index >= 15 is 0 Å². The topological polar surface area (TPSA) is 9.23 Å². The fourth-order valence-electron chi connectivity index (χ4n) is 3.81. The molecule has 0 aromatic heterocycles. The molecule has 1 nitrogen and oxygen atoms in total. The molecule has 0 aliphatic heterocycles. The van der Waals surface area contributed by atoms with Crippen molar-refractivity contribution in [1.29, 1.82) is 0 Å². The van der Waals surface area contributed by atoms with Crippen molar-refractivity contribution < 1.29 is 4.74 Å². The van der Waals surface area contributed by atoms with Gasteiger partial charge < -0.3 is 4.74 Å². The second kappa shape index (κ2) is 5.77. The highest BCUT2D eigenvalue weighted by Gasteiger charge is 2.50. The van der Waals surface area contributed by atoms with Crippen LogP contribution in [0.25, 0.3) is 0 Å². The van der Waals surface area contributed by atoms with E-state index in [-0.39, 0.29) is 0 Å². The van der Waals surface area contributed by atoms with Crippen LogP contribution < -0.4 is 0 Å². The zero-order valence-corrected chi connectivity index (χ0v) is 12.7. The second-order valence-corrected chi connectivity index (χ2v) is 7.04. The lowest BCUT2D eigenvalue weighted by Crippen LogP contribution is -2.48. The summed E-state index contributed by atoms with van der Waals surface area (Å²) in [5, 5.41) is 0. The van der Waals surface area contributed by atoms with Crippen LogP contribution >= 0.6 is 0 Å². The highest BCUT2D eigenvalue weighted by molar-refractivity contribution is 5.23. The van der Waals surface area contributed by atoms with Crippen molar-refractivity contribution >= 4 is 0 Å². The monoisotopic (exact) mass is 250 g/mol. The van der Waals surface area contributed by atoms with Gasteiger partial charge in [-0.2, -0.15) is 0 Å². The Bertz CT molecular complexity index is 303. The van der Waals surface area contributed by atoms with Crippen LogP contribution in [0.2, 0.25) is 0 Å². The van der Waals surface area contributed by atoms with Crippen molar-refractivity contribution in [2.24, 2.45) is 23.2 Å². The van der Waals surface area contributed by atoms with Gasteiger partial charge in [0.05, 0.1) is 6.61 Å². The summed E-state index contributed by atoms with van der Waals surface area (Å²) < 4.78 is 5.84. The molecule has 104 valence electrons. The summed E-state index contributed by atoms with van der Waals surface area (Å²) in [4.78, 5) is 0. The predicted molar refractivity (Wildman–Crippen MR) is 77.6 cm³/mol. The number of hydrogen-bond acceptors (Lipinski definition) is 1. The lowest BCUT2D eigenvalue weighted by atomic mass is 9.48. The van der Waals surface area contributed by atoms with E-state index in [0.717, 1.165) is 31.0 Å². The SMILES string of the molecule is CCCC(C)COCCC1=CCC2CC1C2(C)C. The Labute approximate surface area is 113 Å². The number of fused-ring (bicyclic) bond motifs is 1. The van der Waals surface area contributed by atoms with Gasteiger partial charge in [-0.1, -0.05) is 45.8 Å². The van der Waals surface area contributed by atoms with Crippen LogP contribution in [0, 0.1) is 23.2 Å². The van der Waals surface area contributed by atoms with E-state index in [2.05, 4.69) is 33.8 Å². The zero-order valence-electron chi connectivity index (χ0n) is 12.7. The highest BCUT2D eigenvalue weighted by Crippen LogP contribution is 2.59. The molecule has 2 bridgehead atoms. The molecule has 1 saturated carbocycles. The molecule has 0 aromatic rings. The van der Waals surface area contributed by atoms with Gasteiger partial charge in [-0.05, 0) is 48.9 Å². The Balaban J connectivity index is 1.67. The molecule has 1 heteroatoms.